The maximum Gasteiger partial charge on any atom is 0.416 e. The van der Waals surface area contributed by atoms with Crippen molar-refractivity contribution >= 4 is 33.5 Å². The second kappa shape index (κ2) is 10.4. The molecule has 1 heterocycles. The number of aliphatic carboxylic acids is 1. The van der Waals surface area contributed by atoms with E-state index in [2.05, 4.69) is 26.7 Å². The van der Waals surface area contributed by atoms with Crippen LogP contribution >= 0.6 is 27.5 Å². The molecule has 1 aliphatic rings. The number of aromatic nitrogens is 1. The molecule has 0 bridgehead atoms. The second-order valence-corrected chi connectivity index (χ2v) is 10.3. The summed E-state index contributed by atoms with van der Waals surface area (Å²) in [5, 5.41) is 10.2. The molecule has 1 N–H and O–H groups in total. The Balaban J connectivity index is 1.90. The molecular formula is C27H26BrClF3NO2. The van der Waals surface area contributed by atoms with Crippen molar-refractivity contribution in [2.75, 3.05) is 0 Å². The lowest BCUT2D eigenvalue weighted by Gasteiger charge is -2.29. The Morgan fingerprint density at radius 2 is 1.91 bits per heavy atom. The first-order chi connectivity index (χ1) is 16.6. The van der Waals surface area contributed by atoms with Gasteiger partial charge in [0.1, 0.15) is 0 Å². The molecule has 2 aromatic carbocycles. The van der Waals surface area contributed by atoms with Crippen LogP contribution in [0.3, 0.4) is 0 Å². The van der Waals surface area contributed by atoms with Gasteiger partial charge in [0.25, 0.3) is 0 Å². The second-order valence-electron chi connectivity index (χ2n) is 9.05. The predicted molar refractivity (Wildman–Crippen MR) is 135 cm³/mol. The highest BCUT2D eigenvalue weighted by Crippen LogP contribution is 2.45. The van der Waals surface area contributed by atoms with Crippen molar-refractivity contribution in [3.63, 3.8) is 0 Å². The number of alkyl halides is 3. The minimum Gasteiger partial charge on any atom is -0.481 e. The molecule has 0 saturated heterocycles. The lowest BCUT2D eigenvalue weighted by atomic mass is 9.83. The van der Waals surface area contributed by atoms with Crippen LogP contribution in [0.25, 0.3) is 11.1 Å². The fourth-order valence-corrected chi connectivity index (χ4v) is 6.10. The Kier molecular flexibility index (Phi) is 7.67. The molecule has 186 valence electrons. The van der Waals surface area contributed by atoms with Crippen LogP contribution in [0, 0.1) is 0 Å². The molecule has 2 atom stereocenters. The Hall–Kier alpha value is -2.25. The third kappa shape index (κ3) is 5.46. The van der Waals surface area contributed by atoms with Gasteiger partial charge in [0.15, 0.2) is 0 Å². The van der Waals surface area contributed by atoms with E-state index < -0.39 is 17.7 Å². The molecule has 3 nitrogen and oxygen atoms in total. The third-order valence-corrected chi connectivity index (χ3v) is 7.60. The third-order valence-electron chi connectivity index (χ3n) is 6.71. The highest BCUT2D eigenvalue weighted by Gasteiger charge is 2.33. The minimum absolute atomic E-state index is 0.0180. The summed E-state index contributed by atoms with van der Waals surface area (Å²) < 4.78 is 42.5. The number of carbonyl (C=O) groups is 1. The lowest BCUT2D eigenvalue weighted by molar-refractivity contribution is -0.138. The van der Waals surface area contributed by atoms with E-state index in [-0.39, 0.29) is 18.4 Å². The summed E-state index contributed by atoms with van der Waals surface area (Å²) in [5.74, 6) is -1.02. The van der Waals surface area contributed by atoms with E-state index >= 15 is 0 Å². The first kappa shape index (κ1) is 25.8. The lowest BCUT2D eigenvalue weighted by Crippen LogP contribution is -2.20. The molecule has 0 saturated carbocycles. The van der Waals surface area contributed by atoms with Crippen LogP contribution in [0.2, 0.25) is 5.02 Å². The number of carboxylic acid groups (broad SMARTS) is 1. The average Bonchev–Trinajstić information content (AvgIpc) is 3.17. The van der Waals surface area contributed by atoms with Gasteiger partial charge in [-0.05, 0) is 66.6 Å². The highest BCUT2D eigenvalue weighted by atomic mass is 79.9. The van der Waals surface area contributed by atoms with Crippen LogP contribution in [-0.4, -0.2) is 15.6 Å². The van der Waals surface area contributed by atoms with E-state index in [4.69, 9.17) is 11.6 Å². The van der Waals surface area contributed by atoms with Crippen molar-refractivity contribution in [1.82, 2.24) is 4.57 Å². The van der Waals surface area contributed by atoms with Crippen LogP contribution < -0.4 is 0 Å². The summed E-state index contributed by atoms with van der Waals surface area (Å²) in [6.45, 7) is 2.04. The maximum absolute atomic E-state index is 13.2. The molecule has 35 heavy (non-hydrogen) atoms. The van der Waals surface area contributed by atoms with Gasteiger partial charge in [0.2, 0.25) is 0 Å². The van der Waals surface area contributed by atoms with Gasteiger partial charge in [0.05, 0.1) is 18.0 Å². The zero-order valence-corrected chi connectivity index (χ0v) is 21.6. The van der Waals surface area contributed by atoms with E-state index in [9.17, 15) is 23.1 Å². The van der Waals surface area contributed by atoms with Crippen molar-refractivity contribution < 1.29 is 23.1 Å². The van der Waals surface area contributed by atoms with E-state index in [1.54, 1.807) is 12.1 Å². The van der Waals surface area contributed by atoms with Gasteiger partial charge in [0, 0.05) is 32.9 Å². The number of hydrogen-bond donors (Lipinski definition) is 1. The summed E-state index contributed by atoms with van der Waals surface area (Å²) in [6, 6.07) is 10.7. The van der Waals surface area contributed by atoms with Gasteiger partial charge in [-0.15, -0.1) is 0 Å². The summed E-state index contributed by atoms with van der Waals surface area (Å²) in [6.07, 6.45) is 1.67. The molecule has 0 amide bonds. The molecule has 3 aromatic rings. The fraction of sp³-hybridized carbons (Fsp3) is 0.370. The van der Waals surface area contributed by atoms with Crippen LogP contribution in [0.4, 0.5) is 13.2 Å². The predicted octanol–water partition coefficient (Wildman–Crippen LogP) is 8.87. The number of rotatable bonds is 7. The van der Waals surface area contributed by atoms with Crippen molar-refractivity contribution in [1.29, 1.82) is 0 Å². The molecule has 8 heteroatoms. The van der Waals surface area contributed by atoms with Crippen LogP contribution in [-0.2, 0) is 17.4 Å². The van der Waals surface area contributed by atoms with E-state index in [0.717, 1.165) is 70.2 Å². The SMILES string of the molecule is CCCC(c1ccc(C(F)(F)F)cc1)n1cc(-c2ccc(Cl)cc2Br)c2c1C(CC(=O)O)CCC2. The Morgan fingerprint density at radius 3 is 2.51 bits per heavy atom. The Bertz CT molecular complexity index is 1220. The molecule has 2 unspecified atom stereocenters. The molecule has 0 spiro atoms. The van der Waals surface area contributed by atoms with E-state index in [0.29, 0.717) is 11.4 Å². The average molecular weight is 569 g/mol. The maximum atomic E-state index is 13.2. The summed E-state index contributed by atoms with van der Waals surface area (Å²) in [5.41, 5.74) is 4.15. The summed E-state index contributed by atoms with van der Waals surface area (Å²) in [7, 11) is 0. The molecular weight excluding hydrogens is 543 g/mol. The quantitative estimate of drug-likeness (QED) is 0.309. The van der Waals surface area contributed by atoms with E-state index in [1.807, 2.05) is 25.1 Å². The van der Waals surface area contributed by atoms with Crippen LogP contribution in [0.15, 0.2) is 53.1 Å². The smallest absolute Gasteiger partial charge is 0.416 e. The number of carboxylic acids is 1. The van der Waals surface area contributed by atoms with Crippen molar-refractivity contribution in [3.05, 3.63) is 80.5 Å². The van der Waals surface area contributed by atoms with Gasteiger partial charge in [-0.2, -0.15) is 13.2 Å². The Labute approximate surface area is 216 Å². The highest BCUT2D eigenvalue weighted by molar-refractivity contribution is 9.10. The summed E-state index contributed by atoms with van der Waals surface area (Å²) >= 11 is 9.79. The van der Waals surface area contributed by atoms with Gasteiger partial charge in [-0.25, -0.2) is 0 Å². The number of benzene rings is 2. The largest absolute Gasteiger partial charge is 0.481 e. The van der Waals surface area contributed by atoms with Crippen molar-refractivity contribution in [2.24, 2.45) is 0 Å². The Morgan fingerprint density at radius 1 is 1.20 bits per heavy atom. The van der Waals surface area contributed by atoms with E-state index in [1.165, 1.54) is 0 Å². The molecule has 0 fully saturated rings. The van der Waals surface area contributed by atoms with Gasteiger partial charge < -0.3 is 9.67 Å². The number of fused-ring (bicyclic) bond motifs is 1. The van der Waals surface area contributed by atoms with Crippen LogP contribution in [0.1, 0.15) is 73.4 Å². The zero-order chi connectivity index (χ0) is 25.3. The van der Waals surface area contributed by atoms with Gasteiger partial charge in [-0.3, -0.25) is 4.79 Å². The minimum atomic E-state index is -4.40. The first-order valence-electron chi connectivity index (χ1n) is 11.7. The molecule has 4 rings (SSSR count). The van der Waals surface area contributed by atoms with Crippen LogP contribution in [0.5, 0.6) is 0 Å². The topological polar surface area (TPSA) is 42.2 Å². The molecule has 1 aliphatic carbocycles. The first-order valence-corrected chi connectivity index (χ1v) is 12.8. The molecule has 0 radical (unpaired) electrons. The van der Waals surface area contributed by atoms with Gasteiger partial charge >= 0.3 is 12.1 Å². The number of nitrogens with zero attached hydrogens (tertiary/aromatic N) is 1. The molecule has 0 aliphatic heterocycles. The standard InChI is InChI=1S/C27H26BrClF3NO2/c1-2-4-24(16-7-9-18(10-8-16)27(30,31)32)33-15-22(20-12-11-19(29)14-23(20)28)21-6-3-5-17(26(21)33)13-25(34)35/h7-12,14-15,17,24H,2-6,13H2,1H3,(H,34,35). The monoisotopic (exact) mass is 567 g/mol. The number of halogens is 5. The normalized spacial score (nSPS) is 16.7. The summed E-state index contributed by atoms with van der Waals surface area (Å²) in [4.78, 5) is 11.7. The zero-order valence-electron chi connectivity index (χ0n) is 19.2. The number of hydrogen-bond acceptors (Lipinski definition) is 1. The van der Waals surface area contributed by atoms with Crippen molar-refractivity contribution in [3.8, 4) is 11.1 Å². The van der Waals surface area contributed by atoms with Crippen molar-refractivity contribution in [2.45, 2.75) is 63.6 Å². The van der Waals surface area contributed by atoms with Gasteiger partial charge in [-0.1, -0.05) is 59.1 Å². The fourth-order valence-electron chi connectivity index (χ4n) is 5.20. The molecule has 1 aromatic heterocycles.